The Bertz CT molecular complexity index is 740. The van der Waals surface area contributed by atoms with Crippen molar-refractivity contribution in [1.82, 2.24) is 20.0 Å². The van der Waals surface area contributed by atoms with Crippen molar-refractivity contribution in [2.45, 2.75) is 26.4 Å². The number of carbonyl (C=O) groups excluding carboxylic acids is 2. The summed E-state index contributed by atoms with van der Waals surface area (Å²) >= 11 is 5.84. The highest BCUT2D eigenvalue weighted by atomic mass is 35.5. The number of amides is 2. The van der Waals surface area contributed by atoms with Gasteiger partial charge in [0.1, 0.15) is 6.04 Å². The van der Waals surface area contributed by atoms with Gasteiger partial charge < -0.3 is 10.2 Å². The SMILES string of the molecule is CC(C)C(NC(=O)c1ccc(Cl)cc1)C(=O)N(C)Cc1cnn(C)c1. The molecule has 7 heteroatoms. The van der Waals surface area contributed by atoms with Crippen molar-refractivity contribution in [3.8, 4) is 0 Å². The van der Waals surface area contributed by atoms with Gasteiger partial charge in [-0.3, -0.25) is 14.3 Å². The number of benzene rings is 1. The number of halogens is 1. The number of nitrogens with zero attached hydrogens (tertiary/aromatic N) is 3. The highest BCUT2D eigenvalue weighted by Gasteiger charge is 2.27. The summed E-state index contributed by atoms with van der Waals surface area (Å²) < 4.78 is 1.69. The van der Waals surface area contributed by atoms with Crippen LogP contribution in [0.25, 0.3) is 0 Å². The van der Waals surface area contributed by atoms with Gasteiger partial charge in [-0.25, -0.2) is 0 Å². The number of rotatable bonds is 6. The first kappa shape index (κ1) is 19.0. The third-order valence-electron chi connectivity index (χ3n) is 3.88. The van der Waals surface area contributed by atoms with Crippen LogP contribution in [0.3, 0.4) is 0 Å². The first-order chi connectivity index (χ1) is 11.8. The molecule has 0 fully saturated rings. The molecule has 0 saturated carbocycles. The zero-order valence-electron chi connectivity index (χ0n) is 14.9. The largest absolute Gasteiger partial charge is 0.340 e. The maximum atomic E-state index is 12.8. The molecule has 1 N–H and O–H groups in total. The number of nitrogens with one attached hydrogen (secondary N) is 1. The first-order valence-corrected chi connectivity index (χ1v) is 8.44. The van der Waals surface area contributed by atoms with E-state index in [1.165, 1.54) is 0 Å². The van der Waals surface area contributed by atoms with Gasteiger partial charge in [0.2, 0.25) is 5.91 Å². The smallest absolute Gasteiger partial charge is 0.251 e. The minimum Gasteiger partial charge on any atom is -0.340 e. The molecule has 0 saturated heterocycles. The van der Waals surface area contributed by atoms with Crippen LogP contribution in [0.2, 0.25) is 5.02 Å². The number of hydrogen-bond acceptors (Lipinski definition) is 3. The van der Waals surface area contributed by atoms with E-state index in [2.05, 4.69) is 10.4 Å². The summed E-state index contributed by atoms with van der Waals surface area (Å²) in [5, 5.41) is 7.49. The molecule has 134 valence electrons. The molecule has 2 amide bonds. The van der Waals surface area contributed by atoms with Crippen molar-refractivity contribution < 1.29 is 9.59 Å². The normalized spacial score (nSPS) is 12.1. The molecule has 1 heterocycles. The monoisotopic (exact) mass is 362 g/mol. The lowest BCUT2D eigenvalue weighted by Crippen LogP contribution is -2.50. The van der Waals surface area contributed by atoms with Crippen LogP contribution in [0, 0.1) is 5.92 Å². The maximum Gasteiger partial charge on any atom is 0.251 e. The summed E-state index contributed by atoms with van der Waals surface area (Å²) in [5.74, 6) is -0.472. The Balaban J connectivity index is 2.06. The lowest BCUT2D eigenvalue weighted by Gasteiger charge is -2.27. The van der Waals surface area contributed by atoms with E-state index in [0.717, 1.165) is 5.56 Å². The van der Waals surface area contributed by atoms with Gasteiger partial charge in [-0.05, 0) is 30.2 Å². The molecular weight excluding hydrogens is 340 g/mol. The molecule has 0 spiro atoms. The fraction of sp³-hybridized carbons (Fsp3) is 0.389. The third kappa shape index (κ3) is 5.06. The molecule has 1 aromatic heterocycles. The second-order valence-electron chi connectivity index (χ2n) is 6.42. The fourth-order valence-electron chi connectivity index (χ4n) is 2.48. The van der Waals surface area contributed by atoms with Crippen LogP contribution in [0.15, 0.2) is 36.7 Å². The summed E-state index contributed by atoms with van der Waals surface area (Å²) in [6.45, 7) is 4.25. The molecule has 0 aliphatic carbocycles. The number of hydrogen-bond donors (Lipinski definition) is 1. The second kappa shape index (κ2) is 8.16. The Kier molecular flexibility index (Phi) is 6.20. The quantitative estimate of drug-likeness (QED) is 0.858. The summed E-state index contributed by atoms with van der Waals surface area (Å²) in [6.07, 6.45) is 3.58. The summed E-state index contributed by atoms with van der Waals surface area (Å²) in [7, 11) is 3.55. The van der Waals surface area contributed by atoms with E-state index < -0.39 is 6.04 Å². The van der Waals surface area contributed by atoms with Crippen molar-refractivity contribution in [3.05, 3.63) is 52.8 Å². The van der Waals surface area contributed by atoms with Gasteiger partial charge in [-0.15, -0.1) is 0 Å². The van der Waals surface area contributed by atoms with Gasteiger partial charge in [0.25, 0.3) is 5.91 Å². The van der Waals surface area contributed by atoms with E-state index in [0.29, 0.717) is 17.1 Å². The first-order valence-electron chi connectivity index (χ1n) is 8.07. The molecule has 6 nitrogen and oxygen atoms in total. The molecule has 0 aliphatic rings. The average Bonchev–Trinajstić information content (AvgIpc) is 2.97. The molecule has 25 heavy (non-hydrogen) atoms. The molecule has 2 rings (SSSR count). The van der Waals surface area contributed by atoms with E-state index in [1.807, 2.05) is 27.1 Å². The molecule has 2 aromatic rings. The molecular formula is C18H23ClN4O2. The molecule has 0 aliphatic heterocycles. The summed E-state index contributed by atoms with van der Waals surface area (Å²) in [5.41, 5.74) is 1.41. The Hall–Kier alpha value is -2.34. The van der Waals surface area contributed by atoms with E-state index in [9.17, 15) is 9.59 Å². The predicted molar refractivity (Wildman–Crippen MR) is 97.2 cm³/mol. The van der Waals surface area contributed by atoms with E-state index in [1.54, 1.807) is 47.1 Å². The number of carbonyl (C=O) groups is 2. The van der Waals surface area contributed by atoms with Crippen molar-refractivity contribution in [3.63, 3.8) is 0 Å². The van der Waals surface area contributed by atoms with Gasteiger partial charge >= 0.3 is 0 Å². The number of likely N-dealkylation sites (N-methyl/N-ethyl adjacent to an activating group) is 1. The summed E-state index contributed by atoms with van der Waals surface area (Å²) in [4.78, 5) is 26.8. The van der Waals surface area contributed by atoms with Crippen LogP contribution in [0.1, 0.15) is 29.8 Å². The van der Waals surface area contributed by atoms with Crippen molar-refractivity contribution in [2.24, 2.45) is 13.0 Å². The van der Waals surface area contributed by atoms with Crippen LogP contribution >= 0.6 is 11.6 Å². The lowest BCUT2D eigenvalue weighted by atomic mass is 10.0. The van der Waals surface area contributed by atoms with Gasteiger partial charge in [0.15, 0.2) is 0 Å². The highest BCUT2D eigenvalue weighted by molar-refractivity contribution is 6.30. The van der Waals surface area contributed by atoms with Gasteiger partial charge in [-0.1, -0.05) is 25.4 Å². The van der Waals surface area contributed by atoms with Gasteiger partial charge in [-0.2, -0.15) is 5.10 Å². The van der Waals surface area contributed by atoms with E-state index in [-0.39, 0.29) is 17.7 Å². The van der Waals surface area contributed by atoms with Crippen molar-refractivity contribution in [1.29, 1.82) is 0 Å². The standard InChI is InChI=1S/C18H23ClN4O2/c1-12(2)16(21-17(24)14-5-7-15(19)8-6-14)18(25)22(3)10-13-9-20-23(4)11-13/h5-9,11-12,16H,10H2,1-4H3,(H,21,24). The zero-order chi connectivity index (χ0) is 18.6. The van der Waals surface area contributed by atoms with Crippen LogP contribution < -0.4 is 5.32 Å². The molecule has 1 unspecified atom stereocenters. The van der Waals surface area contributed by atoms with Crippen LogP contribution in [0.5, 0.6) is 0 Å². The Morgan fingerprint density at radius 3 is 2.44 bits per heavy atom. The Morgan fingerprint density at radius 2 is 1.92 bits per heavy atom. The molecule has 0 bridgehead atoms. The number of aromatic nitrogens is 2. The van der Waals surface area contributed by atoms with Crippen LogP contribution in [-0.4, -0.2) is 39.6 Å². The van der Waals surface area contributed by atoms with Gasteiger partial charge in [0, 0.05) is 43.0 Å². The van der Waals surface area contributed by atoms with Crippen molar-refractivity contribution >= 4 is 23.4 Å². The molecule has 1 atom stereocenters. The third-order valence-corrected chi connectivity index (χ3v) is 4.13. The second-order valence-corrected chi connectivity index (χ2v) is 6.86. The maximum absolute atomic E-state index is 12.8. The van der Waals surface area contributed by atoms with E-state index >= 15 is 0 Å². The van der Waals surface area contributed by atoms with E-state index in [4.69, 9.17) is 11.6 Å². The number of aryl methyl sites for hydroxylation is 1. The van der Waals surface area contributed by atoms with Gasteiger partial charge in [0.05, 0.1) is 6.20 Å². The summed E-state index contributed by atoms with van der Waals surface area (Å²) in [6, 6.07) is 5.97. The zero-order valence-corrected chi connectivity index (χ0v) is 15.6. The van der Waals surface area contributed by atoms with Crippen LogP contribution in [-0.2, 0) is 18.4 Å². The minimum atomic E-state index is -0.607. The molecule has 1 aromatic carbocycles. The Labute approximate surface area is 152 Å². The topological polar surface area (TPSA) is 67.2 Å². The molecule has 0 radical (unpaired) electrons. The lowest BCUT2D eigenvalue weighted by molar-refractivity contribution is -0.133. The van der Waals surface area contributed by atoms with Crippen LogP contribution in [0.4, 0.5) is 0 Å². The Morgan fingerprint density at radius 1 is 1.28 bits per heavy atom. The average molecular weight is 363 g/mol. The fourth-order valence-corrected chi connectivity index (χ4v) is 2.61. The predicted octanol–water partition coefficient (Wildman–Crippen LogP) is 2.49. The van der Waals surface area contributed by atoms with Crippen molar-refractivity contribution in [2.75, 3.05) is 7.05 Å². The highest BCUT2D eigenvalue weighted by Crippen LogP contribution is 2.12. The minimum absolute atomic E-state index is 0.0416.